The van der Waals surface area contributed by atoms with Crippen molar-refractivity contribution in [3.05, 3.63) is 66.4 Å². The van der Waals surface area contributed by atoms with Crippen LogP contribution in [0, 0.1) is 5.92 Å². The third-order valence-corrected chi connectivity index (χ3v) is 7.24. The maximum atomic E-state index is 13.8. The first kappa shape index (κ1) is 24.5. The van der Waals surface area contributed by atoms with E-state index in [9.17, 15) is 4.79 Å². The largest absolute Gasteiger partial charge is 0.497 e. The van der Waals surface area contributed by atoms with Crippen molar-refractivity contribution >= 4 is 5.91 Å². The van der Waals surface area contributed by atoms with Gasteiger partial charge in [0.15, 0.2) is 0 Å². The molecule has 1 amide bonds. The van der Waals surface area contributed by atoms with Gasteiger partial charge in [0.1, 0.15) is 11.4 Å². The number of para-hydroxylation sites is 1. The van der Waals surface area contributed by atoms with Crippen LogP contribution in [0.1, 0.15) is 37.0 Å². The molecule has 5 rings (SSSR count). The smallest absolute Gasteiger partial charge is 0.257 e. The van der Waals surface area contributed by atoms with Crippen molar-refractivity contribution in [2.75, 3.05) is 39.8 Å². The lowest BCUT2D eigenvalue weighted by molar-refractivity contribution is -0.0728. The molecule has 1 aromatic heterocycles. The predicted molar refractivity (Wildman–Crippen MR) is 141 cm³/mol. The first-order valence-electron chi connectivity index (χ1n) is 13.0. The molecule has 2 saturated heterocycles. The predicted octanol–water partition coefficient (Wildman–Crippen LogP) is 4.51. The summed E-state index contributed by atoms with van der Waals surface area (Å²) in [6.45, 7) is 8.93. The molecule has 0 bridgehead atoms. The summed E-state index contributed by atoms with van der Waals surface area (Å²) in [4.78, 5) is 18.3. The number of hydrogen-bond donors (Lipinski definition) is 0. The van der Waals surface area contributed by atoms with Crippen molar-refractivity contribution in [2.45, 2.75) is 38.9 Å². The Labute approximate surface area is 213 Å². The second-order valence-corrected chi connectivity index (χ2v) is 10.1. The summed E-state index contributed by atoms with van der Waals surface area (Å²) in [5.74, 6) is 1.44. The monoisotopic (exact) mass is 488 g/mol. The summed E-state index contributed by atoms with van der Waals surface area (Å²) >= 11 is 0. The van der Waals surface area contributed by atoms with E-state index in [2.05, 4.69) is 18.7 Å². The second-order valence-electron chi connectivity index (χ2n) is 10.1. The standard InChI is InChI=1S/C29H36N4O3/c1-21-17-31(18-22(2)36-21)19-23-13-15-32(16-14-23)29(34)27-20-33(25-7-5-4-6-8-25)30-28(27)24-9-11-26(35-3)12-10-24/h4-12,20-23H,13-19H2,1-3H3. The fourth-order valence-electron chi connectivity index (χ4n) is 5.49. The summed E-state index contributed by atoms with van der Waals surface area (Å²) in [5.41, 5.74) is 3.17. The molecule has 0 saturated carbocycles. The fourth-order valence-corrected chi connectivity index (χ4v) is 5.49. The van der Waals surface area contributed by atoms with Gasteiger partial charge in [0.2, 0.25) is 0 Å². The second kappa shape index (κ2) is 10.8. The van der Waals surface area contributed by atoms with Crippen molar-refractivity contribution in [1.82, 2.24) is 19.6 Å². The lowest BCUT2D eigenvalue weighted by Gasteiger charge is -2.39. The van der Waals surface area contributed by atoms with Gasteiger partial charge in [-0.1, -0.05) is 18.2 Å². The molecule has 190 valence electrons. The highest BCUT2D eigenvalue weighted by molar-refractivity contribution is 6.00. The number of piperidine rings is 1. The Balaban J connectivity index is 1.32. The van der Waals surface area contributed by atoms with Crippen molar-refractivity contribution in [3.8, 4) is 22.7 Å². The number of likely N-dealkylation sites (tertiary alicyclic amines) is 1. The number of carbonyl (C=O) groups is 1. The SMILES string of the molecule is COc1ccc(-c2nn(-c3ccccc3)cc2C(=O)N2CCC(CN3CC(C)OC(C)C3)CC2)cc1. The molecule has 36 heavy (non-hydrogen) atoms. The fraction of sp³-hybridized carbons (Fsp3) is 0.448. The van der Waals surface area contributed by atoms with E-state index in [0.717, 1.165) is 62.6 Å². The van der Waals surface area contributed by atoms with Crippen molar-refractivity contribution in [3.63, 3.8) is 0 Å². The normalized spacial score (nSPS) is 21.5. The Bertz CT molecular complexity index is 1140. The zero-order valence-electron chi connectivity index (χ0n) is 21.5. The molecule has 7 heteroatoms. The molecule has 0 spiro atoms. The minimum Gasteiger partial charge on any atom is -0.497 e. The maximum Gasteiger partial charge on any atom is 0.257 e. The summed E-state index contributed by atoms with van der Waals surface area (Å²) in [6, 6.07) is 17.7. The molecular weight excluding hydrogens is 452 g/mol. The van der Waals surface area contributed by atoms with Gasteiger partial charge in [-0.3, -0.25) is 9.69 Å². The van der Waals surface area contributed by atoms with Crippen molar-refractivity contribution in [2.24, 2.45) is 5.92 Å². The number of hydrogen-bond acceptors (Lipinski definition) is 5. The van der Waals surface area contributed by atoms with Crippen molar-refractivity contribution in [1.29, 1.82) is 0 Å². The number of aromatic nitrogens is 2. The average molecular weight is 489 g/mol. The van der Waals surface area contributed by atoms with Crippen LogP contribution in [0.15, 0.2) is 60.8 Å². The molecular formula is C29H36N4O3. The number of methoxy groups -OCH3 is 1. The zero-order valence-corrected chi connectivity index (χ0v) is 21.5. The van der Waals surface area contributed by atoms with Crippen LogP contribution in [0.5, 0.6) is 5.75 Å². The van der Waals surface area contributed by atoms with Gasteiger partial charge in [-0.25, -0.2) is 4.68 Å². The molecule has 2 aromatic carbocycles. The Morgan fingerprint density at radius 3 is 2.31 bits per heavy atom. The Kier molecular flexibility index (Phi) is 7.39. The molecule has 0 radical (unpaired) electrons. The number of amides is 1. The summed E-state index contributed by atoms with van der Waals surface area (Å²) in [6.07, 6.45) is 4.49. The Morgan fingerprint density at radius 1 is 1.00 bits per heavy atom. The van der Waals surface area contributed by atoms with Gasteiger partial charge in [-0.05, 0) is 69.0 Å². The molecule has 3 aromatic rings. The van der Waals surface area contributed by atoms with Crippen LogP contribution in [0.4, 0.5) is 0 Å². The minimum absolute atomic E-state index is 0.0510. The van der Waals surface area contributed by atoms with Gasteiger partial charge in [-0.15, -0.1) is 0 Å². The number of nitrogens with zero attached hydrogens (tertiary/aromatic N) is 4. The molecule has 2 aliphatic heterocycles. The Hall–Kier alpha value is -3.16. The van der Waals surface area contributed by atoms with Gasteiger partial charge in [0, 0.05) is 44.5 Å². The molecule has 2 aliphatic rings. The van der Waals surface area contributed by atoms with Gasteiger partial charge < -0.3 is 14.4 Å². The van der Waals surface area contributed by atoms with E-state index in [-0.39, 0.29) is 18.1 Å². The van der Waals surface area contributed by atoms with Gasteiger partial charge in [0.05, 0.1) is 30.6 Å². The summed E-state index contributed by atoms with van der Waals surface area (Å²) in [7, 11) is 1.65. The molecule has 2 atom stereocenters. The first-order chi connectivity index (χ1) is 17.5. The lowest BCUT2D eigenvalue weighted by atomic mass is 9.95. The van der Waals surface area contributed by atoms with Crippen LogP contribution < -0.4 is 4.74 Å². The van der Waals surface area contributed by atoms with E-state index in [1.807, 2.05) is 65.7 Å². The summed E-state index contributed by atoms with van der Waals surface area (Å²) < 4.78 is 13.0. The molecule has 0 N–H and O–H groups in total. The Morgan fingerprint density at radius 2 is 1.67 bits per heavy atom. The number of benzene rings is 2. The number of carbonyl (C=O) groups excluding carboxylic acids is 1. The number of ether oxygens (including phenoxy) is 2. The number of rotatable bonds is 6. The van der Waals surface area contributed by atoms with E-state index in [0.29, 0.717) is 17.2 Å². The van der Waals surface area contributed by atoms with Gasteiger partial charge in [-0.2, -0.15) is 5.10 Å². The van der Waals surface area contributed by atoms with Crippen molar-refractivity contribution < 1.29 is 14.3 Å². The van der Waals surface area contributed by atoms with Crippen LogP contribution in [0.3, 0.4) is 0 Å². The number of morpholine rings is 1. The highest BCUT2D eigenvalue weighted by Gasteiger charge is 2.30. The van der Waals surface area contributed by atoms with E-state index in [4.69, 9.17) is 14.6 Å². The zero-order chi connectivity index (χ0) is 25.1. The van der Waals surface area contributed by atoms with Crippen LogP contribution >= 0.6 is 0 Å². The van der Waals surface area contributed by atoms with Crippen LogP contribution in [-0.4, -0.2) is 77.5 Å². The minimum atomic E-state index is 0.0510. The topological polar surface area (TPSA) is 59.8 Å². The van der Waals surface area contributed by atoms with E-state index < -0.39 is 0 Å². The van der Waals surface area contributed by atoms with E-state index in [1.54, 1.807) is 11.8 Å². The lowest BCUT2D eigenvalue weighted by Crippen LogP contribution is -2.48. The van der Waals surface area contributed by atoms with Crippen LogP contribution in [0.25, 0.3) is 16.9 Å². The van der Waals surface area contributed by atoms with E-state index in [1.165, 1.54) is 0 Å². The molecule has 3 heterocycles. The van der Waals surface area contributed by atoms with Gasteiger partial charge in [0.25, 0.3) is 5.91 Å². The maximum absolute atomic E-state index is 13.8. The third kappa shape index (κ3) is 5.47. The van der Waals surface area contributed by atoms with Gasteiger partial charge >= 0.3 is 0 Å². The molecule has 7 nitrogen and oxygen atoms in total. The van der Waals surface area contributed by atoms with Crippen LogP contribution in [0.2, 0.25) is 0 Å². The van der Waals surface area contributed by atoms with Crippen LogP contribution in [-0.2, 0) is 4.74 Å². The third-order valence-electron chi connectivity index (χ3n) is 7.24. The quantitative estimate of drug-likeness (QED) is 0.511. The summed E-state index contributed by atoms with van der Waals surface area (Å²) in [5, 5.41) is 4.84. The van der Waals surface area contributed by atoms with E-state index >= 15 is 0 Å². The molecule has 2 unspecified atom stereocenters. The first-order valence-corrected chi connectivity index (χ1v) is 13.0. The average Bonchev–Trinajstić information content (AvgIpc) is 3.34. The molecule has 0 aliphatic carbocycles. The highest BCUT2D eigenvalue weighted by atomic mass is 16.5. The highest BCUT2D eigenvalue weighted by Crippen LogP contribution is 2.29. The molecule has 2 fully saturated rings.